The van der Waals surface area contributed by atoms with E-state index in [2.05, 4.69) is 17.4 Å². The van der Waals surface area contributed by atoms with Gasteiger partial charge in [0.25, 0.3) is 0 Å². The monoisotopic (exact) mass is 285 g/mol. The topological polar surface area (TPSA) is 52.5 Å². The van der Waals surface area contributed by atoms with E-state index in [1.807, 2.05) is 48.5 Å². The Hall–Kier alpha value is -1.68. The van der Waals surface area contributed by atoms with Gasteiger partial charge in [-0.3, -0.25) is 0 Å². The largest absolute Gasteiger partial charge is 0.394 e. The molecule has 0 radical (unpaired) electrons. The molecule has 3 nitrogen and oxygen atoms in total. The molecule has 2 rings (SSSR count). The number of hydrogen-bond acceptors (Lipinski definition) is 3. The lowest BCUT2D eigenvalue weighted by Crippen LogP contribution is -2.32. The highest BCUT2D eigenvalue weighted by atomic mass is 16.3. The molecule has 0 spiro atoms. The molecule has 112 valence electrons. The lowest BCUT2D eigenvalue weighted by molar-refractivity contribution is 0.148. The van der Waals surface area contributed by atoms with Crippen molar-refractivity contribution in [1.82, 2.24) is 5.32 Å². The average molecular weight is 285 g/mol. The van der Waals surface area contributed by atoms with Crippen LogP contribution in [0.15, 0.2) is 60.7 Å². The van der Waals surface area contributed by atoms with Gasteiger partial charge in [-0.15, -0.1) is 0 Å². The molecule has 0 saturated heterocycles. The van der Waals surface area contributed by atoms with E-state index in [1.165, 1.54) is 5.56 Å². The second kappa shape index (κ2) is 8.57. The fourth-order valence-corrected chi connectivity index (χ4v) is 2.33. The summed E-state index contributed by atoms with van der Waals surface area (Å²) in [6, 6.07) is 19.8. The lowest BCUT2D eigenvalue weighted by Gasteiger charge is -2.19. The molecule has 0 aromatic heterocycles. The van der Waals surface area contributed by atoms with Gasteiger partial charge in [0.2, 0.25) is 0 Å². The molecule has 2 atom stereocenters. The summed E-state index contributed by atoms with van der Waals surface area (Å²) in [6.07, 6.45) is 1.16. The second-order valence-electron chi connectivity index (χ2n) is 5.23. The van der Waals surface area contributed by atoms with E-state index in [-0.39, 0.29) is 12.6 Å². The Kier molecular flexibility index (Phi) is 6.41. The van der Waals surface area contributed by atoms with Gasteiger partial charge in [-0.1, -0.05) is 60.7 Å². The zero-order valence-electron chi connectivity index (χ0n) is 12.2. The van der Waals surface area contributed by atoms with Crippen molar-refractivity contribution < 1.29 is 10.2 Å². The van der Waals surface area contributed by atoms with Crippen LogP contribution in [0.1, 0.15) is 23.6 Å². The Morgan fingerprint density at radius 3 is 2.14 bits per heavy atom. The molecule has 1 unspecified atom stereocenters. The standard InChI is InChI=1S/C18H23NO2/c20-14-18(16-9-5-2-6-10-16)19-13-17(21)12-11-15-7-3-1-4-8-15/h1-10,17-21H,11-14H2/t17?,18-/m1/s1. The van der Waals surface area contributed by atoms with Crippen LogP contribution in [0.5, 0.6) is 0 Å². The lowest BCUT2D eigenvalue weighted by atomic mass is 10.1. The molecule has 0 heterocycles. The van der Waals surface area contributed by atoms with Gasteiger partial charge in [0, 0.05) is 6.54 Å². The van der Waals surface area contributed by atoms with Crippen LogP contribution in [0, 0.1) is 0 Å². The van der Waals surface area contributed by atoms with E-state index in [1.54, 1.807) is 0 Å². The summed E-state index contributed by atoms with van der Waals surface area (Å²) < 4.78 is 0. The molecule has 3 heteroatoms. The third kappa shape index (κ3) is 5.31. The van der Waals surface area contributed by atoms with Gasteiger partial charge < -0.3 is 15.5 Å². The van der Waals surface area contributed by atoms with Crippen LogP contribution in [0.25, 0.3) is 0 Å². The van der Waals surface area contributed by atoms with Crippen molar-refractivity contribution in [3.63, 3.8) is 0 Å². The highest BCUT2D eigenvalue weighted by molar-refractivity contribution is 5.19. The molecule has 0 aliphatic rings. The molecule has 0 amide bonds. The molecule has 0 fully saturated rings. The van der Waals surface area contributed by atoms with E-state index < -0.39 is 6.10 Å². The maximum atomic E-state index is 10.1. The Morgan fingerprint density at radius 1 is 0.905 bits per heavy atom. The van der Waals surface area contributed by atoms with Gasteiger partial charge in [-0.05, 0) is 24.0 Å². The predicted molar refractivity (Wildman–Crippen MR) is 85.0 cm³/mol. The van der Waals surface area contributed by atoms with E-state index in [9.17, 15) is 10.2 Å². The third-order valence-corrected chi connectivity index (χ3v) is 3.59. The minimum Gasteiger partial charge on any atom is -0.394 e. The van der Waals surface area contributed by atoms with Crippen molar-refractivity contribution in [2.45, 2.75) is 25.0 Å². The van der Waals surface area contributed by atoms with Gasteiger partial charge in [0.15, 0.2) is 0 Å². The number of hydrogen-bond donors (Lipinski definition) is 3. The molecular weight excluding hydrogens is 262 g/mol. The van der Waals surface area contributed by atoms with E-state index in [0.29, 0.717) is 13.0 Å². The molecule has 0 bridgehead atoms. The highest BCUT2D eigenvalue weighted by Gasteiger charge is 2.12. The van der Waals surface area contributed by atoms with Crippen molar-refractivity contribution in [2.75, 3.05) is 13.2 Å². The van der Waals surface area contributed by atoms with Crippen LogP contribution in [0.3, 0.4) is 0 Å². The Labute approximate surface area is 126 Å². The summed E-state index contributed by atoms with van der Waals surface area (Å²) in [5.41, 5.74) is 2.27. The summed E-state index contributed by atoms with van der Waals surface area (Å²) in [6.45, 7) is 0.502. The van der Waals surface area contributed by atoms with Crippen LogP contribution >= 0.6 is 0 Å². The van der Waals surface area contributed by atoms with Gasteiger partial charge in [0.05, 0.1) is 18.8 Å². The fourth-order valence-electron chi connectivity index (χ4n) is 2.33. The molecule has 0 aliphatic carbocycles. The maximum absolute atomic E-state index is 10.1. The molecule has 2 aromatic rings. The maximum Gasteiger partial charge on any atom is 0.0668 e. The minimum atomic E-state index is -0.414. The van der Waals surface area contributed by atoms with Gasteiger partial charge in [0.1, 0.15) is 0 Å². The van der Waals surface area contributed by atoms with Crippen molar-refractivity contribution in [2.24, 2.45) is 0 Å². The highest BCUT2D eigenvalue weighted by Crippen LogP contribution is 2.12. The van der Waals surface area contributed by atoms with Crippen molar-refractivity contribution in [3.05, 3.63) is 71.8 Å². The van der Waals surface area contributed by atoms with Crippen LogP contribution in [0.4, 0.5) is 0 Å². The fraction of sp³-hybridized carbons (Fsp3) is 0.333. The zero-order valence-corrected chi connectivity index (χ0v) is 12.2. The number of aliphatic hydroxyl groups is 2. The van der Waals surface area contributed by atoms with Crippen LogP contribution < -0.4 is 5.32 Å². The van der Waals surface area contributed by atoms with E-state index in [4.69, 9.17) is 0 Å². The quantitative estimate of drug-likeness (QED) is 0.697. The zero-order chi connectivity index (χ0) is 14.9. The number of aliphatic hydroxyl groups excluding tert-OH is 2. The smallest absolute Gasteiger partial charge is 0.0668 e. The number of benzene rings is 2. The second-order valence-corrected chi connectivity index (χ2v) is 5.23. The summed E-state index contributed by atoms with van der Waals surface area (Å²) >= 11 is 0. The first-order chi connectivity index (χ1) is 10.3. The normalized spacial score (nSPS) is 13.8. The van der Waals surface area contributed by atoms with E-state index in [0.717, 1.165) is 12.0 Å². The van der Waals surface area contributed by atoms with Crippen LogP contribution in [-0.4, -0.2) is 29.5 Å². The molecule has 2 aromatic carbocycles. The summed E-state index contributed by atoms with van der Waals surface area (Å²) in [5.74, 6) is 0. The number of rotatable bonds is 8. The Morgan fingerprint density at radius 2 is 1.52 bits per heavy atom. The first kappa shape index (κ1) is 15.7. The summed E-state index contributed by atoms with van der Waals surface area (Å²) in [5, 5.41) is 22.7. The third-order valence-electron chi connectivity index (χ3n) is 3.59. The average Bonchev–Trinajstić information content (AvgIpc) is 2.55. The molecule has 3 N–H and O–H groups in total. The SMILES string of the molecule is OC[C@@H](NCC(O)CCc1ccccc1)c1ccccc1. The van der Waals surface area contributed by atoms with Crippen molar-refractivity contribution >= 4 is 0 Å². The molecule has 0 saturated carbocycles. The van der Waals surface area contributed by atoms with Crippen LogP contribution in [0.2, 0.25) is 0 Å². The predicted octanol–water partition coefficient (Wildman–Crippen LogP) is 2.30. The first-order valence-electron chi connectivity index (χ1n) is 7.40. The number of nitrogens with one attached hydrogen (secondary N) is 1. The van der Waals surface area contributed by atoms with Gasteiger partial charge in [-0.25, -0.2) is 0 Å². The van der Waals surface area contributed by atoms with Gasteiger partial charge >= 0.3 is 0 Å². The first-order valence-corrected chi connectivity index (χ1v) is 7.40. The van der Waals surface area contributed by atoms with Crippen molar-refractivity contribution in [3.8, 4) is 0 Å². The Bertz CT molecular complexity index is 501. The van der Waals surface area contributed by atoms with Crippen molar-refractivity contribution in [1.29, 1.82) is 0 Å². The molecular formula is C18H23NO2. The van der Waals surface area contributed by atoms with E-state index >= 15 is 0 Å². The Balaban J connectivity index is 1.76. The summed E-state index contributed by atoms with van der Waals surface area (Å²) in [4.78, 5) is 0. The molecule has 21 heavy (non-hydrogen) atoms. The summed E-state index contributed by atoms with van der Waals surface area (Å²) in [7, 11) is 0. The minimum absolute atomic E-state index is 0.0232. The van der Waals surface area contributed by atoms with Crippen LogP contribution in [-0.2, 0) is 6.42 Å². The number of aryl methyl sites for hydroxylation is 1. The molecule has 0 aliphatic heterocycles. The van der Waals surface area contributed by atoms with Gasteiger partial charge in [-0.2, -0.15) is 0 Å².